The van der Waals surface area contributed by atoms with Crippen molar-refractivity contribution in [1.29, 1.82) is 0 Å². The number of urea groups is 1. The number of benzene rings is 2. The number of rotatable bonds is 10. The van der Waals surface area contributed by atoms with Gasteiger partial charge in [0.2, 0.25) is 11.8 Å². The Labute approximate surface area is 212 Å². The summed E-state index contributed by atoms with van der Waals surface area (Å²) in [6.07, 6.45) is 1.63. The first kappa shape index (κ1) is 26.6. The molecule has 192 valence electrons. The van der Waals surface area contributed by atoms with Gasteiger partial charge in [-0.25, -0.2) is 9.80 Å². The first-order chi connectivity index (χ1) is 17.3. The van der Waals surface area contributed by atoms with Crippen molar-refractivity contribution in [2.24, 2.45) is 0 Å². The van der Waals surface area contributed by atoms with Gasteiger partial charge in [-0.05, 0) is 23.3 Å². The average molecular weight is 494 g/mol. The molecule has 1 aliphatic rings. The third-order valence-electron chi connectivity index (χ3n) is 6.09. The Kier molecular flexibility index (Phi) is 9.29. The lowest BCUT2D eigenvalue weighted by atomic mass is 10.1. The van der Waals surface area contributed by atoms with Gasteiger partial charge in [-0.1, -0.05) is 42.5 Å². The molecule has 0 aromatic heterocycles. The fourth-order valence-electron chi connectivity index (χ4n) is 3.96. The summed E-state index contributed by atoms with van der Waals surface area (Å²) in [5.41, 5.74) is 9.40. The van der Waals surface area contributed by atoms with Crippen molar-refractivity contribution < 1.29 is 14.4 Å². The van der Waals surface area contributed by atoms with Crippen LogP contribution in [0.15, 0.2) is 61.2 Å². The first-order valence-corrected chi connectivity index (χ1v) is 11.8. The van der Waals surface area contributed by atoms with Crippen LogP contribution in [-0.4, -0.2) is 84.5 Å². The van der Waals surface area contributed by atoms with Crippen LogP contribution in [0.25, 0.3) is 0 Å². The molecular weight excluding hydrogens is 458 g/mol. The van der Waals surface area contributed by atoms with Crippen molar-refractivity contribution in [3.63, 3.8) is 0 Å². The molecule has 2 aromatic rings. The van der Waals surface area contributed by atoms with Gasteiger partial charge in [-0.2, -0.15) is 0 Å². The second kappa shape index (κ2) is 12.6. The molecule has 1 fully saturated rings. The summed E-state index contributed by atoms with van der Waals surface area (Å²) in [6.45, 7) is 5.64. The highest BCUT2D eigenvalue weighted by Gasteiger charge is 2.29. The molecular formula is C26H35N7O3. The molecule has 3 rings (SSSR count). The molecule has 1 heterocycles. The van der Waals surface area contributed by atoms with E-state index in [1.165, 1.54) is 9.91 Å². The third kappa shape index (κ3) is 6.98. The Morgan fingerprint density at radius 1 is 1.14 bits per heavy atom. The SMILES string of the molecule is C=CCN(CC(=O)N1CCN(Cc2ccc(NC)c(N)c2)C(=O)C1)N(C)C(=O)NCc1ccccc1. The molecule has 36 heavy (non-hydrogen) atoms. The van der Waals surface area contributed by atoms with E-state index in [-0.39, 0.29) is 30.9 Å². The van der Waals surface area contributed by atoms with E-state index in [1.807, 2.05) is 48.5 Å². The van der Waals surface area contributed by atoms with Crippen LogP contribution in [0.4, 0.5) is 16.2 Å². The topological polar surface area (TPSA) is 114 Å². The maximum absolute atomic E-state index is 13.0. The number of hydrogen-bond donors (Lipinski definition) is 3. The molecule has 2 aromatic carbocycles. The van der Waals surface area contributed by atoms with Gasteiger partial charge in [0.15, 0.2) is 0 Å². The largest absolute Gasteiger partial charge is 0.397 e. The highest BCUT2D eigenvalue weighted by molar-refractivity contribution is 5.87. The number of anilines is 2. The van der Waals surface area contributed by atoms with E-state index in [4.69, 9.17) is 5.73 Å². The number of hydrogen-bond acceptors (Lipinski definition) is 6. The minimum atomic E-state index is -0.335. The highest BCUT2D eigenvalue weighted by atomic mass is 16.2. The summed E-state index contributed by atoms with van der Waals surface area (Å²) in [5, 5.41) is 8.84. The molecule has 10 nitrogen and oxygen atoms in total. The van der Waals surface area contributed by atoms with Gasteiger partial charge in [0.05, 0.1) is 24.5 Å². The lowest BCUT2D eigenvalue weighted by molar-refractivity contribution is -0.147. The Morgan fingerprint density at radius 2 is 1.89 bits per heavy atom. The smallest absolute Gasteiger partial charge is 0.331 e. The normalized spacial score (nSPS) is 13.5. The molecule has 0 radical (unpaired) electrons. The molecule has 0 unspecified atom stereocenters. The van der Waals surface area contributed by atoms with Gasteiger partial charge in [-0.15, -0.1) is 6.58 Å². The number of hydrazine groups is 1. The van der Waals surface area contributed by atoms with Gasteiger partial charge < -0.3 is 26.2 Å². The third-order valence-corrected chi connectivity index (χ3v) is 6.09. The first-order valence-electron chi connectivity index (χ1n) is 11.8. The molecule has 0 spiro atoms. The molecule has 0 atom stereocenters. The van der Waals surface area contributed by atoms with Crippen molar-refractivity contribution in [3.05, 3.63) is 72.3 Å². The lowest BCUT2D eigenvalue weighted by Gasteiger charge is -2.37. The van der Waals surface area contributed by atoms with E-state index in [0.29, 0.717) is 38.4 Å². The van der Waals surface area contributed by atoms with E-state index < -0.39 is 0 Å². The van der Waals surface area contributed by atoms with E-state index >= 15 is 0 Å². The van der Waals surface area contributed by atoms with Crippen molar-refractivity contribution in [2.75, 3.05) is 57.9 Å². The molecule has 4 amide bonds. The number of carbonyl (C=O) groups is 3. The summed E-state index contributed by atoms with van der Waals surface area (Å²) >= 11 is 0. The van der Waals surface area contributed by atoms with Crippen molar-refractivity contribution in [3.8, 4) is 0 Å². The minimum Gasteiger partial charge on any atom is -0.397 e. The number of nitrogens with two attached hydrogens (primary N) is 1. The van der Waals surface area contributed by atoms with Gasteiger partial charge in [0.1, 0.15) is 0 Å². The minimum absolute atomic E-state index is 0.00520. The van der Waals surface area contributed by atoms with Crippen molar-refractivity contribution >= 4 is 29.2 Å². The Bertz CT molecular complexity index is 1080. The molecule has 1 aliphatic heterocycles. The zero-order valence-electron chi connectivity index (χ0n) is 20.9. The van der Waals surface area contributed by atoms with Crippen LogP contribution in [-0.2, 0) is 22.7 Å². The van der Waals surface area contributed by atoms with Crippen molar-refractivity contribution in [1.82, 2.24) is 25.1 Å². The summed E-state index contributed by atoms with van der Waals surface area (Å²) < 4.78 is 0. The van der Waals surface area contributed by atoms with Crippen molar-refractivity contribution in [2.45, 2.75) is 13.1 Å². The quantitative estimate of drug-likeness (QED) is 0.264. The zero-order valence-corrected chi connectivity index (χ0v) is 20.9. The van der Waals surface area contributed by atoms with Crippen LogP contribution in [0.1, 0.15) is 11.1 Å². The Hall–Kier alpha value is -4.05. The summed E-state index contributed by atoms with van der Waals surface area (Å²) in [6, 6.07) is 14.9. The molecule has 0 aliphatic carbocycles. The van der Waals surface area contributed by atoms with E-state index in [0.717, 1.165) is 16.8 Å². The summed E-state index contributed by atoms with van der Waals surface area (Å²) in [4.78, 5) is 41.7. The second-order valence-electron chi connectivity index (χ2n) is 8.61. The predicted octanol–water partition coefficient (Wildman–Crippen LogP) is 1.73. The van der Waals surface area contributed by atoms with Crippen LogP contribution >= 0.6 is 0 Å². The number of piperazine rings is 1. The summed E-state index contributed by atoms with van der Waals surface area (Å²) in [5.74, 6) is -0.356. The average Bonchev–Trinajstić information content (AvgIpc) is 2.88. The van der Waals surface area contributed by atoms with Crippen LogP contribution in [0.2, 0.25) is 0 Å². The van der Waals surface area contributed by atoms with Gasteiger partial charge in [0.25, 0.3) is 0 Å². The second-order valence-corrected chi connectivity index (χ2v) is 8.61. The number of nitrogens with one attached hydrogen (secondary N) is 2. The zero-order chi connectivity index (χ0) is 26.1. The van der Waals surface area contributed by atoms with Crippen LogP contribution in [0.5, 0.6) is 0 Å². The van der Waals surface area contributed by atoms with Crippen LogP contribution in [0, 0.1) is 0 Å². The Morgan fingerprint density at radius 3 is 2.53 bits per heavy atom. The van der Waals surface area contributed by atoms with E-state index in [1.54, 1.807) is 30.1 Å². The molecule has 0 saturated carbocycles. The lowest BCUT2D eigenvalue weighted by Crippen LogP contribution is -2.56. The van der Waals surface area contributed by atoms with E-state index in [2.05, 4.69) is 17.2 Å². The van der Waals surface area contributed by atoms with E-state index in [9.17, 15) is 14.4 Å². The molecule has 1 saturated heterocycles. The predicted molar refractivity (Wildman–Crippen MR) is 141 cm³/mol. The number of nitrogens with zero attached hydrogens (tertiary/aromatic N) is 4. The number of carbonyl (C=O) groups excluding carboxylic acids is 3. The number of amides is 4. The maximum atomic E-state index is 13.0. The summed E-state index contributed by atoms with van der Waals surface area (Å²) in [7, 11) is 3.40. The highest BCUT2D eigenvalue weighted by Crippen LogP contribution is 2.20. The fraction of sp³-hybridized carbons (Fsp3) is 0.346. The number of nitrogen functional groups attached to an aromatic ring is 1. The van der Waals surface area contributed by atoms with Gasteiger partial charge in [-0.3, -0.25) is 14.6 Å². The molecule has 10 heteroatoms. The maximum Gasteiger partial charge on any atom is 0.331 e. The van der Waals surface area contributed by atoms with Gasteiger partial charge in [0, 0.05) is 46.8 Å². The fourth-order valence-corrected chi connectivity index (χ4v) is 3.96. The monoisotopic (exact) mass is 493 g/mol. The van der Waals surface area contributed by atoms with Crippen LogP contribution in [0.3, 0.4) is 0 Å². The molecule has 4 N–H and O–H groups in total. The van der Waals surface area contributed by atoms with Gasteiger partial charge >= 0.3 is 6.03 Å². The standard InChI is InChI=1S/C26H35N7O3/c1-4-12-33(30(3)26(36)29-16-20-8-6-5-7-9-20)19-25(35)32-14-13-31(24(34)18-32)17-21-10-11-23(28-2)22(27)15-21/h4-11,15,28H,1,12-14,16-19,27H2,2-3H3,(H,29,36). The van der Waals surface area contributed by atoms with Crippen LogP contribution < -0.4 is 16.4 Å². The Balaban J connectivity index is 1.53. The molecule has 0 bridgehead atoms.